The van der Waals surface area contributed by atoms with E-state index in [4.69, 9.17) is 4.74 Å². The van der Waals surface area contributed by atoms with Gasteiger partial charge in [0.05, 0.1) is 17.3 Å². The van der Waals surface area contributed by atoms with Crippen molar-refractivity contribution in [3.63, 3.8) is 0 Å². The molecule has 0 saturated carbocycles. The lowest BCUT2D eigenvalue weighted by atomic mass is 10.4. The Morgan fingerprint density at radius 2 is 1.70 bits per heavy atom. The molecule has 0 aromatic rings. The Kier molecular flexibility index (Phi) is 1.70. The highest BCUT2D eigenvalue weighted by Crippen LogP contribution is 2.53. The van der Waals surface area contributed by atoms with Crippen LogP contribution in [0.5, 0.6) is 0 Å². The third-order valence-electron chi connectivity index (χ3n) is 1.85. The highest BCUT2D eigenvalue weighted by Gasteiger charge is 2.43. The first kappa shape index (κ1) is 7.32. The summed E-state index contributed by atoms with van der Waals surface area (Å²) < 4.78 is 5.81. The molecule has 0 radical (unpaired) electrons. The summed E-state index contributed by atoms with van der Waals surface area (Å²) >= 11 is 4.15. The van der Waals surface area contributed by atoms with E-state index in [2.05, 4.69) is 37.4 Å². The van der Waals surface area contributed by atoms with Gasteiger partial charge in [0.2, 0.25) is 0 Å². The van der Waals surface area contributed by atoms with Crippen molar-refractivity contribution in [2.45, 2.75) is 28.4 Å². The van der Waals surface area contributed by atoms with E-state index < -0.39 is 0 Å². The monoisotopic (exact) mass is 176 g/mol. The van der Waals surface area contributed by atoms with Gasteiger partial charge in [-0.2, -0.15) is 0 Å². The van der Waals surface area contributed by atoms with Crippen LogP contribution in [0.15, 0.2) is 0 Å². The second-order valence-electron chi connectivity index (χ2n) is 3.25. The topological polar surface area (TPSA) is 9.23 Å². The lowest BCUT2D eigenvalue weighted by Gasteiger charge is -2.15. The first-order valence-electron chi connectivity index (χ1n) is 3.61. The summed E-state index contributed by atoms with van der Waals surface area (Å²) in [6.07, 6.45) is 0. The molecule has 0 bridgehead atoms. The Hall–Kier alpha value is 0.660. The minimum absolute atomic E-state index is 0.444. The van der Waals surface area contributed by atoms with Crippen molar-refractivity contribution in [3.05, 3.63) is 0 Å². The molecular formula is C7H12OS2. The molecule has 0 amide bonds. The minimum Gasteiger partial charge on any atom is -0.379 e. The molecule has 0 aromatic heterocycles. The predicted molar refractivity (Wildman–Crippen MR) is 47.7 cm³/mol. The van der Waals surface area contributed by atoms with Gasteiger partial charge in [-0.3, -0.25) is 0 Å². The van der Waals surface area contributed by atoms with E-state index in [0.717, 1.165) is 23.7 Å². The van der Waals surface area contributed by atoms with E-state index in [1.54, 1.807) is 0 Å². The smallest absolute Gasteiger partial charge is 0.0597 e. The Balaban J connectivity index is 2.07. The molecule has 2 rings (SSSR count). The zero-order chi connectivity index (χ0) is 7.19. The van der Waals surface area contributed by atoms with Crippen LogP contribution in [-0.4, -0.2) is 27.8 Å². The van der Waals surface area contributed by atoms with Crippen molar-refractivity contribution in [1.29, 1.82) is 0 Å². The Morgan fingerprint density at radius 1 is 1.20 bits per heavy atom. The lowest BCUT2D eigenvalue weighted by Crippen LogP contribution is -2.10. The van der Waals surface area contributed by atoms with Crippen molar-refractivity contribution >= 4 is 23.5 Å². The quantitative estimate of drug-likeness (QED) is 0.558. The summed E-state index contributed by atoms with van der Waals surface area (Å²) in [7, 11) is 0. The molecule has 0 N–H and O–H groups in total. The molecule has 2 unspecified atom stereocenters. The normalized spacial score (nSPS) is 43.8. The second-order valence-corrected chi connectivity index (χ2v) is 7.23. The Labute approximate surface area is 70.3 Å². The molecular weight excluding hydrogens is 164 g/mol. The van der Waals surface area contributed by atoms with Gasteiger partial charge in [0.1, 0.15) is 0 Å². The fourth-order valence-corrected chi connectivity index (χ4v) is 5.04. The van der Waals surface area contributed by atoms with Crippen molar-refractivity contribution in [3.8, 4) is 0 Å². The van der Waals surface area contributed by atoms with Crippen molar-refractivity contribution in [2.24, 2.45) is 0 Å². The maximum Gasteiger partial charge on any atom is 0.0597 e. The van der Waals surface area contributed by atoms with Crippen LogP contribution in [0.25, 0.3) is 0 Å². The van der Waals surface area contributed by atoms with Gasteiger partial charge < -0.3 is 4.74 Å². The molecule has 0 spiro atoms. The van der Waals surface area contributed by atoms with Crippen LogP contribution in [-0.2, 0) is 4.74 Å². The SMILES string of the molecule is CC1(C)SC2COCC2S1. The van der Waals surface area contributed by atoms with Gasteiger partial charge in [0.25, 0.3) is 0 Å². The van der Waals surface area contributed by atoms with Crippen LogP contribution in [0.4, 0.5) is 0 Å². The van der Waals surface area contributed by atoms with E-state index in [9.17, 15) is 0 Å². The van der Waals surface area contributed by atoms with Gasteiger partial charge in [-0.25, -0.2) is 0 Å². The average Bonchev–Trinajstić information content (AvgIpc) is 2.20. The molecule has 2 atom stereocenters. The number of hydrogen-bond donors (Lipinski definition) is 0. The van der Waals surface area contributed by atoms with Crippen LogP contribution in [0, 0.1) is 0 Å². The van der Waals surface area contributed by atoms with Crippen molar-refractivity contribution in [1.82, 2.24) is 0 Å². The lowest BCUT2D eigenvalue weighted by molar-refractivity contribution is 0.199. The van der Waals surface area contributed by atoms with Gasteiger partial charge >= 0.3 is 0 Å². The minimum atomic E-state index is 0.444. The first-order valence-corrected chi connectivity index (χ1v) is 5.37. The highest BCUT2D eigenvalue weighted by molar-refractivity contribution is 8.22. The average molecular weight is 176 g/mol. The number of rotatable bonds is 0. The number of fused-ring (bicyclic) bond motifs is 1. The molecule has 2 aliphatic heterocycles. The molecule has 10 heavy (non-hydrogen) atoms. The number of ether oxygens (including phenoxy) is 1. The van der Waals surface area contributed by atoms with Gasteiger partial charge in [-0.1, -0.05) is 0 Å². The Bertz CT molecular complexity index is 133. The van der Waals surface area contributed by atoms with E-state index in [0.29, 0.717) is 4.08 Å². The fourth-order valence-electron chi connectivity index (χ4n) is 1.49. The zero-order valence-electron chi connectivity index (χ0n) is 6.29. The van der Waals surface area contributed by atoms with Crippen molar-refractivity contribution in [2.75, 3.05) is 13.2 Å². The summed E-state index contributed by atoms with van der Waals surface area (Å²) in [5, 5.41) is 1.56. The summed E-state index contributed by atoms with van der Waals surface area (Å²) in [6, 6.07) is 0. The summed E-state index contributed by atoms with van der Waals surface area (Å²) in [6.45, 7) is 6.57. The van der Waals surface area contributed by atoms with E-state index in [1.165, 1.54) is 0 Å². The van der Waals surface area contributed by atoms with Gasteiger partial charge in [0.15, 0.2) is 0 Å². The molecule has 0 aliphatic carbocycles. The Morgan fingerprint density at radius 3 is 2.20 bits per heavy atom. The van der Waals surface area contributed by atoms with Crippen LogP contribution < -0.4 is 0 Å². The molecule has 1 nitrogen and oxygen atoms in total. The third kappa shape index (κ3) is 1.19. The van der Waals surface area contributed by atoms with E-state index >= 15 is 0 Å². The van der Waals surface area contributed by atoms with Gasteiger partial charge in [-0.15, -0.1) is 23.5 Å². The summed E-state index contributed by atoms with van der Waals surface area (Å²) in [5.41, 5.74) is 0. The molecule has 2 fully saturated rings. The summed E-state index contributed by atoms with van der Waals surface area (Å²) in [4.78, 5) is 0. The van der Waals surface area contributed by atoms with Crippen LogP contribution in [0.1, 0.15) is 13.8 Å². The third-order valence-corrected chi connectivity index (χ3v) is 5.27. The van der Waals surface area contributed by atoms with Crippen LogP contribution in [0.3, 0.4) is 0 Å². The molecule has 58 valence electrons. The predicted octanol–water partition coefficient (Wildman–Crippen LogP) is 1.97. The largest absolute Gasteiger partial charge is 0.379 e. The van der Waals surface area contributed by atoms with Gasteiger partial charge in [-0.05, 0) is 13.8 Å². The molecule has 0 aromatic carbocycles. The second kappa shape index (κ2) is 2.32. The van der Waals surface area contributed by atoms with Gasteiger partial charge in [0, 0.05) is 10.5 Å². The maximum absolute atomic E-state index is 5.36. The summed E-state index contributed by atoms with van der Waals surface area (Å²) in [5.74, 6) is 0. The zero-order valence-corrected chi connectivity index (χ0v) is 7.93. The highest BCUT2D eigenvalue weighted by atomic mass is 32.2. The number of hydrogen-bond acceptors (Lipinski definition) is 3. The molecule has 2 saturated heterocycles. The van der Waals surface area contributed by atoms with E-state index in [1.807, 2.05) is 0 Å². The molecule has 2 heterocycles. The van der Waals surface area contributed by atoms with Crippen molar-refractivity contribution < 1.29 is 4.74 Å². The molecule has 3 heteroatoms. The number of thioether (sulfide) groups is 2. The standard InChI is InChI=1S/C7H12OS2/c1-7(2)9-5-3-8-4-6(5)10-7/h5-6H,3-4H2,1-2H3. The van der Waals surface area contributed by atoms with E-state index in [-0.39, 0.29) is 0 Å². The maximum atomic E-state index is 5.36. The van der Waals surface area contributed by atoms with Crippen LogP contribution >= 0.6 is 23.5 Å². The first-order chi connectivity index (χ1) is 4.67. The fraction of sp³-hybridized carbons (Fsp3) is 1.00. The molecule has 2 aliphatic rings. The van der Waals surface area contributed by atoms with Crippen LogP contribution in [0.2, 0.25) is 0 Å².